The largest absolute Gasteiger partial charge is 0.537 e. The summed E-state index contributed by atoms with van der Waals surface area (Å²) in [5.41, 5.74) is 0. The van der Waals surface area contributed by atoms with Crippen molar-refractivity contribution in [2.45, 2.75) is 58.3 Å². The number of hydrogen-bond donors (Lipinski definition) is 6. The summed E-state index contributed by atoms with van der Waals surface area (Å²) in [6.07, 6.45) is 2.54. The quantitative estimate of drug-likeness (QED) is 0.130. The van der Waals surface area contributed by atoms with Crippen LogP contribution in [-0.2, 0) is 29.1 Å². The third-order valence-electron chi connectivity index (χ3n) is 2.99. The summed E-state index contributed by atoms with van der Waals surface area (Å²) in [4.78, 5) is 52.2. The van der Waals surface area contributed by atoms with Gasteiger partial charge in [-0.15, -0.1) is 0 Å². The van der Waals surface area contributed by atoms with Crippen LogP contribution in [-0.4, -0.2) is 55.5 Å². The Labute approximate surface area is 159 Å². The summed E-state index contributed by atoms with van der Waals surface area (Å²) in [6, 6.07) is 0. The van der Waals surface area contributed by atoms with Crippen molar-refractivity contribution in [2.24, 2.45) is 5.92 Å². The molecule has 0 rings (SSSR count). The predicted octanol–water partition coefficient (Wildman–Crippen LogP) is 3.08. The van der Waals surface area contributed by atoms with Crippen LogP contribution < -0.4 is 0 Å². The molecule has 28 heavy (non-hydrogen) atoms. The lowest BCUT2D eigenvalue weighted by molar-refractivity contribution is -0.238. The van der Waals surface area contributed by atoms with Crippen LogP contribution in [0.4, 0.5) is 9.59 Å². The molecule has 14 nitrogen and oxygen atoms in total. The van der Waals surface area contributed by atoms with Crippen LogP contribution in [0.5, 0.6) is 0 Å². The molecule has 0 bridgehead atoms. The smallest absolute Gasteiger partial charge is 0.448 e. The van der Waals surface area contributed by atoms with Crippen molar-refractivity contribution in [3.05, 3.63) is 0 Å². The van der Waals surface area contributed by atoms with E-state index in [0.717, 1.165) is 25.7 Å². The molecular formula is C14H26O14. The number of hydrogen-bond acceptors (Lipinski definition) is 12. The minimum absolute atomic E-state index is 0.0562. The van der Waals surface area contributed by atoms with E-state index < -0.39 is 24.2 Å². The maximum absolute atomic E-state index is 10.9. The van der Waals surface area contributed by atoms with Gasteiger partial charge in [0.05, 0.1) is 12.8 Å². The first-order valence-corrected chi connectivity index (χ1v) is 7.95. The molecule has 6 N–H and O–H groups in total. The molecule has 14 heteroatoms. The maximum Gasteiger partial charge on any atom is 0.537 e. The molecule has 0 aromatic carbocycles. The van der Waals surface area contributed by atoms with Gasteiger partial charge in [0, 0.05) is 0 Å². The third kappa shape index (κ3) is 28.1. The highest BCUT2D eigenvalue weighted by molar-refractivity contribution is 5.72. The summed E-state index contributed by atoms with van der Waals surface area (Å²) in [5.74, 6) is -1.83. The van der Waals surface area contributed by atoms with Crippen LogP contribution in [0.3, 0.4) is 0 Å². The molecule has 0 heterocycles. The number of carboxylic acid groups (broad SMARTS) is 2. The van der Waals surface area contributed by atoms with Gasteiger partial charge in [0.2, 0.25) is 0 Å². The highest BCUT2D eigenvalue weighted by Gasteiger charge is 2.19. The van der Waals surface area contributed by atoms with Crippen molar-refractivity contribution in [2.75, 3.05) is 0 Å². The Hall–Kier alpha value is -2.68. The van der Waals surface area contributed by atoms with Gasteiger partial charge in [0.25, 0.3) is 0 Å². The fourth-order valence-corrected chi connectivity index (χ4v) is 1.86. The summed E-state index contributed by atoms with van der Waals surface area (Å²) in [5, 5.41) is 45.0. The second-order valence-electron chi connectivity index (χ2n) is 5.12. The molecule has 0 unspecified atom stereocenters. The van der Waals surface area contributed by atoms with Gasteiger partial charge in [-0.25, -0.2) is 19.2 Å². The van der Waals surface area contributed by atoms with Gasteiger partial charge in [0.1, 0.15) is 0 Å². The number of rotatable bonds is 10. The minimum Gasteiger partial charge on any atom is -0.448 e. The Morgan fingerprint density at radius 2 is 1.04 bits per heavy atom. The lowest BCUT2D eigenvalue weighted by Crippen LogP contribution is -2.15. The molecule has 0 atom stereocenters. The molecule has 0 aliphatic heterocycles. The average Bonchev–Trinajstić information content (AvgIpc) is 2.68. The van der Waals surface area contributed by atoms with Crippen LogP contribution in [0.1, 0.15) is 58.3 Å². The zero-order chi connectivity index (χ0) is 22.4. The van der Waals surface area contributed by atoms with Crippen molar-refractivity contribution >= 4 is 24.2 Å². The van der Waals surface area contributed by atoms with Crippen molar-refractivity contribution in [3.63, 3.8) is 0 Å². The van der Waals surface area contributed by atoms with Gasteiger partial charge in [-0.1, -0.05) is 39.0 Å². The van der Waals surface area contributed by atoms with E-state index in [1.807, 2.05) is 0 Å². The highest BCUT2D eigenvalue weighted by Crippen LogP contribution is 2.19. The van der Waals surface area contributed by atoms with Crippen molar-refractivity contribution in [3.8, 4) is 0 Å². The van der Waals surface area contributed by atoms with Gasteiger partial charge in [-0.3, -0.25) is 9.78 Å². The molecule has 0 aliphatic rings. The van der Waals surface area contributed by atoms with Gasteiger partial charge in [-0.05, 0) is 12.3 Å². The molecule has 0 fully saturated rings. The van der Waals surface area contributed by atoms with E-state index >= 15 is 0 Å². The van der Waals surface area contributed by atoms with Crippen LogP contribution >= 0.6 is 0 Å². The SMILES string of the molecule is CCCCCCCC(CC(=O)OO)CC(=O)OO.O=C(O)OO.O=C(O)OO. The summed E-state index contributed by atoms with van der Waals surface area (Å²) >= 11 is 0. The van der Waals surface area contributed by atoms with Gasteiger partial charge < -0.3 is 20.0 Å². The third-order valence-corrected chi connectivity index (χ3v) is 2.99. The van der Waals surface area contributed by atoms with E-state index in [4.69, 9.17) is 40.8 Å². The molecule has 0 spiro atoms. The normalized spacial score (nSPS) is 9.07. The molecule has 0 saturated carbocycles. The first kappa shape index (κ1) is 30.1. The van der Waals surface area contributed by atoms with Gasteiger partial charge >= 0.3 is 24.2 Å². The fourth-order valence-electron chi connectivity index (χ4n) is 1.86. The number of carbonyl (C=O) groups is 4. The molecule has 0 radical (unpaired) electrons. The number of carbonyl (C=O) groups excluding carboxylic acids is 2. The molecule has 0 aromatic rings. The van der Waals surface area contributed by atoms with Crippen LogP contribution in [0.2, 0.25) is 0 Å². The van der Waals surface area contributed by atoms with E-state index in [2.05, 4.69) is 26.5 Å². The lowest BCUT2D eigenvalue weighted by Gasteiger charge is -2.12. The fraction of sp³-hybridized carbons (Fsp3) is 0.714. The second kappa shape index (κ2) is 22.4. The minimum atomic E-state index is -1.69. The second-order valence-corrected chi connectivity index (χ2v) is 5.12. The zero-order valence-electron chi connectivity index (χ0n) is 15.2. The molecule has 0 saturated heterocycles. The van der Waals surface area contributed by atoms with E-state index in [1.165, 1.54) is 6.42 Å². The maximum atomic E-state index is 10.9. The van der Waals surface area contributed by atoms with Crippen molar-refractivity contribution < 1.29 is 70.0 Å². The summed E-state index contributed by atoms with van der Waals surface area (Å²) < 4.78 is 0. The van der Waals surface area contributed by atoms with E-state index in [-0.39, 0.29) is 18.8 Å². The standard InChI is InChI=1S/C12H22O6.2CH2O4/c1-2-3-4-5-6-7-10(8-11(13)17-15)9-12(14)18-16;2*2-1(3)5-4/h10,15-16H,2-9H2,1H3;2*4H,(H,2,3). The van der Waals surface area contributed by atoms with Crippen LogP contribution in [0.25, 0.3) is 0 Å². The molecule has 0 aliphatic carbocycles. The molecule has 166 valence electrons. The van der Waals surface area contributed by atoms with Gasteiger partial charge in [-0.2, -0.15) is 21.0 Å². The van der Waals surface area contributed by atoms with E-state index in [0.29, 0.717) is 6.42 Å². The van der Waals surface area contributed by atoms with Crippen LogP contribution in [0.15, 0.2) is 0 Å². The Morgan fingerprint density at radius 3 is 1.32 bits per heavy atom. The first-order chi connectivity index (χ1) is 13.2. The zero-order valence-corrected chi connectivity index (χ0v) is 15.2. The molecule has 0 amide bonds. The van der Waals surface area contributed by atoms with Crippen molar-refractivity contribution in [1.29, 1.82) is 0 Å². The van der Waals surface area contributed by atoms with Crippen molar-refractivity contribution in [1.82, 2.24) is 0 Å². The summed E-state index contributed by atoms with van der Waals surface area (Å²) in [7, 11) is 0. The number of unbranched alkanes of at least 4 members (excludes halogenated alkanes) is 4. The molecule has 0 aromatic heterocycles. The lowest BCUT2D eigenvalue weighted by atomic mass is 9.94. The Bertz CT molecular complexity index is 392. The summed E-state index contributed by atoms with van der Waals surface area (Å²) in [6.45, 7) is 2.12. The Kier molecular flexibility index (Phi) is 24.0. The van der Waals surface area contributed by atoms with E-state index in [1.54, 1.807) is 0 Å². The highest BCUT2D eigenvalue weighted by atomic mass is 17.1. The first-order valence-electron chi connectivity index (χ1n) is 7.95. The molecular weight excluding hydrogens is 392 g/mol. The van der Waals surface area contributed by atoms with Gasteiger partial charge in [0.15, 0.2) is 0 Å². The predicted molar refractivity (Wildman–Crippen MR) is 87.0 cm³/mol. The Morgan fingerprint density at radius 1 is 0.679 bits per heavy atom. The van der Waals surface area contributed by atoms with E-state index in [9.17, 15) is 9.59 Å². The van der Waals surface area contributed by atoms with Crippen LogP contribution in [0, 0.1) is 5.92 Å². The average molecular weight is 418 g/mol. The monoisotopic (exact) mass is 418 g/mol. The topological polar surface area (TPSA) is 227 Å². The Balaban J connectivity index is -0.000000512.